The monoisotopic (exact) mass is 486 g/mol. The summed E-state index contributed by atoms with van der Waals surface area (Å²) >= 11 is 1.31. The van der Waals surface area contributed by atoms with E-state index in [1.165, 1.54) is 102 Å². The van der Waals surface area contributed by atoms with Crippen LogP contribution in [0.25, 0.3) is 0 Å². The lowest BCUT2D eigenvalue weighted by molar-refractivity contribution is -0.142. The maximum absolute atomic E-state index is 12.1. The van der Waals surface area contributed by atoms with Crippen molar-refractivity contribution in [3.63, 3.8) is 0 Å². The molecule has 0 aromatic carbocycles. The molecule has 33 heavy (non-hydrogen) atoms. The normalized spacial score (nSPS) is 13.0. The summed E-state index contributed by atoms with van der Waals surface area (Å²) in [4.78, 5) is 24.0. The number of ether oxygens (including phenoxy) is 2. The van der Waals surface area contributed by atoms with Crippen LogP contribution in [0.1, 0.15) is 143 Å². The van der Waals surface area contributed by atoms with Gasteiger partial charge in [-0.05, 0) is 26.7 Å². The van der Waals surface area contributed by atoms with Crippen molar-refractivity contribution in [1.29, 1.82) is 0 Å². The highest BCUT2D eigenvalue weighted by Crippen LogP contribution is 2.20. The Kier molecular flexibility index (Phi) is 23.9. The number of unbranched alkanes of at least 4 members (excludes halogenated alkanes) is 16. The van der Waals surface area contributed by atoms with Crippen LogP contribution in [0.5, 0.6) is 0 Å². The first-order chi connectivity index (χ1) is 16.0. The molecule has 2 atom stereocenters. The number of hydrogen-bond donors (Lipinski definition) is 0. The van der Waals surface area contributed by atoms with Gasteiger partial charge in [-0.1, -0.05) is 117 Å². The zero-order valence-electron chi connectivity index (χ0n) is 22.3. The van der Waals surface area contributed by atoms with Gasteiger partial charge in [-0.15, -0.1) is 11.8 Å². The fraction of sp³-hybridized carbons (Fsp3) is 0.929. The lowest BCUT2D eigenvalue weighted by Crippen LogP contribution is -2.25. The highest BCUT2D eigenvalue weighted by molar-refractivity contribution is 8.01. The molecular formula is C28H54O4S. The second-order valence-corrected chi connectivity index (χ2v) is 11.1. The summed E-state index contributed by atoms with van der Waals surface area (Å²) < 4.78 is 10.6. The van der Waals surface area contributed by atoms with Gasteiger partial charge in [0.05, 0.1) is 13.2 Å². The zero-order chi connectivity index (χ0) is 24.6. The summed E-state index contributed by atoms with van der Waals surface area (Å²) in [5.74, 6) is -0.472. The fourth-order valence-corrected chi connectivity index (χ4v) is 4.76. The Balaban J connectivity index is 3.45. The Labute approximate surface area is 209 Å². The van der Waals surface area contributed by atoms with Gasteiger partial charge < -0.3 is 9.47 Å². The van der Waals surface area contributed by atoms with E-state index in [9.17, 15) is 9.59 Å². The van der Waals surface area contributed by atoms with Crippen molar-refractivity contribution in [3.8, 4) is 0 Å². The summed E-state index contributed by atoms with van der Waals surface area (Å²) in [5.41, 5.74) is 0. The number of carbonyl (C=O) groups excluding carboxylic acids is 2. The van der Waals surface area contributed by atoms with Crippen LogP contribution in [0.3, 0.4) is 0 Å². The molecule has 0 saturated heterocycles. The van der Waals surface area contributed by atoms with E-state index in [4.69, 9.17) is 9.47 Å². The molecule has 4 nitrogen and oxygen atoms in total. The Bertz CT molecular complexity index is 455. The molecule has 0 bridgehead atoms. The van der Waals surface area contributed by atoms with Gasteiger partial charge >= 0.3 is 11.9 Å². The molecular weight excluding hydrogens is 432 g/mol. The van der Waals surface area contributed by atoms with Crippen LogP contribution in [0, 0.1) is 0 Å². The number of thioether (sulfide) groups is 1. The van der Waals surface area contributed by atoms with Gasteiger partial charge in [0.25, 0.3) is 0 Å². The molecule has 0 fully saturated rings. The highest BCUT2D eigenvalue weighted by Gasteiger charge is 2.23. The molecule has 196 valence electrons. The Hall–Kier alpha value is -0.710. The van der Waals surface area contributed by atoms with E-state index in [1.54, 1.807) is 13.8 Å². The van der Waals surface area contributed by atoms with E-state index < -0.39 is 0 Å². The molecule has 2 unspecified atom stereocenters. The molecule has 5 heteroatoms. The standard InChI is InChI=1S/C28H54O4S/c1-5-7-9-10-11-12-13-14-15-16-17-18-19-20-21-22-24-32-28(30)26(4)33-25(3)27(29)31-23-8-6-2/h25-26H,5-24H2,1-4H3. The lowest BCUT2D eigenvalue weighted by Gasteiger charge is -2.15. The second kappa shape index (κ2) is 24.4. The molecule has 0 aliphatic rings. The molecule has 0 N–H and O–H groups in total. The predicted molar refractivity (Wildman–Crippen MR) is 143 cm³/mol. The number of esters is 2. The van der Waals surface area contributed by atoms with Crippen LogP contribution in [-0.2, 0) is 19.1 Å². The van der Waals surface area contributed by atoms with Crippen LogP contribution < -0.4 is 0 Å². The lowest BCUT2D eigenvalue weighted by atomic mass is 10.0. The van der Waals surface area contributed by atoms with Gasteiger partial charge in [0, 0.05) is 0 Å². The van der Waals surface area contributed by atoms with Crippen molar-refractivity contribution in [2.45, 2.75) is 154 Å². The first-order valence-corrected chi connectivity index (χ1v) is 15.0. The fourth-order valence-electron chi connectivity index (χ4n) is 3.79. The number of carbonyl (C=O) groups is 2. The van der Waals surface area contributed by atoms with E-state index in [2.05, 4.69) is 13.8 Å². The molecule has 0 aliphatic carbocycles. The van der Waals surface area contributed by atoms with Crippen LogP contribution in [0.4, 0.5) is 0 Å². The smallest absolute Gasteiger partial charge is 0.318 e. The number of hydrogen-bond acceptors (Lipinski definition) is 5. The summed E-state index contributed by atoms with van der Waals surface area (Å²) in [6.07, 6.45) is 23.2. The molecule has 0 heterocycles. The Morgan fingerprint density at radius 2 is 0.818 bits per heavy atom. The van der Waals surface area contributed by atoms with Crippen molar-refractivity contribution >= 4 is 23.7 Å². The molecule has 0 radical (unpaired) electrons. The topological polar surface area (TPSA) is 52.6 Å². The number of rotatable bonds is 24. The van der Waals surface area contributed by atoms with Gasteiger partial charge in [0.15, 0.2) is 0 Å². The SMILES string of the molecule is CCCCCCCCCCCCCCCCCCOC(=O)C(C)SC(C)C(=O)OCCCC. The van der Waals surface area contributed by atoms with Gasteiger partial charge in [-0.25, -0.2) is 0 Å². The van der Waals surface area contributed by atoms with Crippen molar-refractivity contribution in [2.75, 3.05) is 13.2 Å². The summed E-state index contributed by atoms with van der Waals surface area (Å²) in [6, 6.07) is 0. The van der Waals surface area contributed by atoms with Crippen LogP contribution in [0.15, 0.2) is 0 Å². The minimum absolute atomic E-state index is 0.228. The van der Waals surface area contributed by atoms with Crippen LogP contribution >= 0.6 is 11.8 Å². The minimum atomic E-state index is -0.347. The van der Waals surface area contributed by atoms with Crippen molar-refractivity contribution in [2.24, 2.45) is 0 Å². The van der Waals surface area contributed by atoms with E-state index in [0.29, 0.717) is 13.2 Å². The maximum atomic E-state index is 12.1. The largest absolute Gasteiger partial charge is 0.465 e. The average molecular weight is 487 g/mol. The van der Waals surface area contributed by atoms with E-state index >= 15 is 0 Å². The quantitative estimate of drug-likeness (QED) is 0.101. The van der Waals surface area contributed by atoms with Crippen molar-refractivity contribution in [1.82, 2.24) is 0 Å². The third-order valence-electron chi connectivity index (χ3n) is 6.06. The molecule has 0 saturated carbocycles. The van der Waals surface area contributed by atoms with Gasteiger partial charge in [-0.3, -0.25) is 9.59 Å². The first-order valence-electron chi connectivity index (χ1n) is 14.0. The van der Waals surface area contributed by atoms with Crippen LogP contribution in [-0.4, -0.2) is 35.7 Å². The molecule has 0 aliphatic heterocycles. The van der Waals surface area contributed by atoms with E-state index in [0.717, 1.165) is 25.7 Å². The Morgan fingerprint density at radius 3 is 1.18 bits per heavy atom. The van der Waals surface area contributed by atoms with Gasteiger partial charge in [0.1, 0.15) is 10.5 Å². The van der Waals surface area contributed by atoms with E-state index in [-0.39, 0.29) is 22.4 Å². The third kappa shape index (κ3) is 21.6. The molecule has 0 rings (SSSR count). The summed E-state index contributed by atoms with van der Waals surface area (Å²) in [7, 11) is 0. The van der Waals surface area contributed by atoms with Crippen molar-refractivity contribution in [3.05, 3.63) is 0 Å². The third-order valence-corrected chi connectivity index (χ3v) is 7.26. The second-order valence-electron chi connectivity index (χ2n) is 9.41. The predicted octanol–water partition coefficient (Wildman–Crippen LogP) is 8.64. The summed E-state index contributed by atoms with van der Waals surface area (Å²) in [6.45, 7) is 8.87. The van der Waals surface area contributed by atoms with Crippen molar-refractivity contribution < 1.29 is 19.1 Å². The molecule has 0 aromatic rings. The molecule has 0 aromatic heterocycles. The first kappa shape index (κ1) is 32.3. The maximum Gasteiger partial charge on any atom is 0.318 e. The van der Waals surface area contributed by atoms with Gasteiger partial charge in [-0.2, -0.15) is 0 Å². The molecule has 0 spiro atoms. The Morgan fingerprint density at radius 1 is 0.515 bits per heavy atom. The van der Waals surface area contributed by atoms with E-state index in [1.807, 2.05) is 0 Å². The molecule has 0 amide bonds. The average Bonchev–Trinajstić information content (AvgIpc) is 2.80. The van der Waals surface area contributed by atoms with Crippen LogP contribution in [0.2, 0.25) is 0 Å². The zero-order valence-corrected chi connectivity index (χ0v) is 23.2. The summed E-state index contributed by atoms with van der Waals surface area (Å²) in [5, 5.41) is -0.695. The van der Waals surface area contributed by atoms with Gasteiger partial charge in [0.2, 0.25) is 0 Å². The highest BCUT2D eigenvalue weighted by atomic mass is 32.2. The minimum Gasteiger partial charge on any atom is -0.465 e.